The number of hydrogen-bond acceptors (Lipinski definition) is 2. The highest BCUT2D eigenvalue weighted by molar-refractivity contribution is 6.31. The molecule has 0 aliphatic carbocycles. The largest absolute Gasteiger partial charge is 0.497 e. The summed E-state index contributed by atoms with van der Waals surface area (Å²) in [5.74, 6) is 0.739. The van der Waals surface area contributed by atoms with Gasteiger partial charge in [-0.15, -0.1) is 0 Å². The van der Waals surface area contributed by atoms with E-state index in [0.29, 0.717) is 5.02 Å². The standard InChI is InChI=1S/C17H20ClNO/c1-10-7-11(2)16(12(3)8-10)17(19)14-6-5-13(20-4)9-15(14)18/h5-9,17H,19H2,1-4H3. The summed E-state index contributed by atoms with van der Waals surface area (Å²) in [6.45, 7) is 6.27. The summed E-state index contributed by atoms with van der Waals surface area (Å²) in [5, 5.41) is 0.635. The van der Waals surface area contributed by atoms with Crippen LogP contribution >= 0.6 is 11.6 Å². The summed E-state index contributed by atoms with van der Waals surface area (Å²) in [6, 6.07) is 9.70. The third kappa shape index (κ3) is 2.82. The normalized spacial score (nSPS) is 12.3. The Morgan fingerprint density at radius 1 is 1.05 bits per heavy atom. The van der Waals surface area contributed by atoms with Gasteiger partial charge in [-0.3, -0.25) is 0 Å². The zero-order chi connectivity index (χ0) is 14.9. The number of rotatable bonds is 3. The number of ether oxygens (including phenoxy) is 1. The Morgan fingerprint density at radius 3 is 2.15 bits per heavy atom. The van der Waals surface area contributed by atoms with Crippen LogP contribution in [0.25, 0.3) is 0 Å². The zero-order valence-corrected chi connectivity index (χ0v) is 13.1. The van der Waals surface area contributed by atoms with Crippen LogP contribution in [0.15, 0.2) is 30.3 Å². The van der Waals surface area contributed by atoms with E-state index in [1.165, 1.54) is 16.7 Å². The summed E-state index contributed by atoms with van der Waals surface area (Å²) in [7, 11) is 1.62. The maximum Gasteiger partial charge on any atom is 0.120 e. The average molecular weight is 290 g/mol. The Bertz CT molecular complexity index is 614. The van der Waals surface area contributed by atoms with E-state index in [-0.39, 0.29) is 6.04 Å². The van der Waals surface area contributed by atoms with Gasteiger partial charge in [0.05, 0.1) is 13.2 Å². The third-order valence-corrected chi connectivity index (χ3v) is 3.92. The van der Waals surface area contributed by atoms with E-state index >= 15 is 0 Å². The molecule has 0 fully saturated rings. The molecule has 3 heteroatoms. The molecule has 0 aromatic heterocycles. The number of nitrogens with two attached hydrogens (primary N) is 1. The molecule has 2 nitrogen and oxygen atoms in total. The van der Waals surface area contributed by atoms with Crippen molar-refractivity contribution in [3.63, 3.8) is 0 Å². The quantitative estimate of drug-likeness (QED) is 0.913. The molecule has 1 unspecified atom stereocenters. The number of hydrogen-bond donors (Lipinski definition) is 1. The van der Waals surface area contributed by atoms with Crippen molar-refractivity contribution in [2.75, 3.05) is 7.11 Å². The molecule has 2 N–H and O–H groups in total. The molecular formula is C17H20ClNO. The van der Waals surface area contributed by atoms with Crippen LogP contribution in [0.2, 0.25) is 5.02 Å². The Hall–Kier alpha value is -1.51. The number of halogens is 1. The molecule has 2 rings (SSSR count). The molecule has 1 atom stereocenters. The topological polar surface area (TPSA) is 35.2 Å². The van der Waals surface area contributed by atoms with Crippen LogP contribution < -0.4 is 10.5 Å². The summed E-state index contributed by atoms with van der Waals surface area (Å²) in [6.07, 6.45) is 0. The fourth-order valence-electron chi connectivity index (χ4n) is 2.72. The van der Waals surface area contributed by atoms with Gasteiger partial charge in [0.1, 0.15) is 5.75 Å². The van der Waals surface area contributed by atoms with Crippen molar-refractivity contribution >= 4 is 11.6 Å². The predicted octanol–water partition coefficient (Wildman–Crippen LogP) is 4.32. The molecule has 0 amide bonds. The van der Waals surface area contributed by atoms with Crippen molar-refractivity contribution in [3.8, 4) is 5.75 Å². The van der Waals surface area contributed by atoms with Gasteiger partial charge in [-0.1, -0.05) is 35.4 Å². The van der Waals surface area contributed by atoms with E-state index in [0.717, 1.165) is 16.9 Å². The molecule has 0 radical (unpaired) electrons. The minimum atomic E-state index is -0.228. The van der Waals surface area contributed by atoms with Crippen LogP contribution in [0.3, 0.4) is 0 Å². The summed E-state index contributed by atoms with van der Waals surface area (Å²) >= 11 is 6.33. The molecule has 2 aromatic rings. The van der Waals surface area contributed by atoms with E-state index in [1.54, 1.807) is 13.2 Å². The van der Waals surface area contributed by atoms with Crippen LogP contribution in [0, 0.1) is 20.8 Å². The lowest BCUT2D eigenvalue weighted by Gasteiger charge is -2.20. The van der Waals surface area contributed by atoms with Gasteiger partial charge >= 0.3 is 0 Å². The summed E-state index contributed by atoms with van der Waals surface area (Å²) < 4.78 is 5.17. The van der Waals surface area contributed by atoms with Crippen molar-refractivity contribution < 1.29 is 4.74 Å². The first-order chi connectivity index (χ1) is 9.43. The molecule has 0 spiro atoms. The van der Waals surface area contributed by atoms with Gasteiger partial charge in [0, 0.05) is 5.02 Å². The van der Waals surface area contributed by atoms with E-state index in [9.17, 15) is 0 Å². The smallest absolute Gasteiger partial charge is 0.120 e. The van der Waals surface area contributed by atoms with Gasteiger partial charge in [-0.25, -0.2) is 0 Å². The number of methoxy groups -OCH3 is 1. The highest BCUT2D eigenvalue weighted by Crippen LogP contribution is 2.32. The van der Waals surface area contributed by atoms with E-state index < -0.39 is 0 Å². The van der Waals surface area contributed by atoms with Crippen molar-refractivity contribution in [1.29, 1.82) is 0 Å². The highest BCUT2D eigenvalue weighted by Gasteiger charge is 2.17. The van der Waals surface area contributed by atoms with E-state index in [2.05, 4.69) is 32.9 Å². The van der Waals surface area contributed by atoms with Crippen molar-refractivity contribution in [2.24, 2.45) is 5.73 Å². The number of aryl methyl sites for hydroxylation is 3. The Balaban J connectivity index is 2.49. The molecular weight excluding hydrogens is 270 g/mol. The first kappa shape index (κ1) is 14.9. The first-order valence-corrected chi connectivity index (χ1v) is 6.98. The van der Waals surface area contributed by atoms with Crippen LogP contribution in [0.5, 0.6) is 5.75 Å². The Labute approximate surface area is 125 Å². The lowest BCUT2D eigenvalue weighted by atomic mass is 9.90. The molecule has 0 heterocycles. The SMILES string of the molecule is COc1ccc(C(N)c2c(C)cc(C)cc2C)c(Cl)c1. The van der Waals surface area contributed by atoms with Crippen LogP contribution in [0.4, 0.5) is 0 Å². The minimum Gasteiger partial charge on any atom is -0.497 e. The minimum absolute atomic E-state index is 0.228. The van der Waals surface area contributed by atoms with Gasteiger partial charge in [-0.2, -0.15) is 0 Å². The van der Waals surface area contributed by atoms with Crippen molar-refractivity contribution in [3.05, 3.63) is 63.2 Å². The van der Waals surface area contributed by atoms with Gasteiger partial charge in [-0.05, 0) is 55.2 Å². The molecule has 106 valence electrons. The molecule has 0 saturated heterocycles. The molecule has 0 aliphatic rings. The van der Waals surface area contributed by atoms with E-state index in [4.69, 9.17) is 22.1 Å². The summed E-state index contributed by atoms with van der Waals surface area (Å²) in [5.41, 5.74) is 12.1. The van der Waals surface area contributed by atoms with Crippen LogP contribution in [-0.2, 0) is 0 Å². The lowest BCUT2D eigenvalue weighted by Crippen LogP contribution is -2.15. The highest BCUT2D eigenvalue weighted by atomic mass is 35.5. The van der Waals surface area contributed by atoms with Gasteiger partial charge in [0.2, 0.25) is 0 Å². The van der Waals surface area contributed by atoms with Crippen LogP contribution in [-0.4, -0.2) is 7.11 Å². The second kappa shape index (κ2) is 5.86. The molecule has 0 aliphatic heterocycles. The molecule has 0 saturated carbocycles. The van der Waals surface area contributed by atoms with Gasteiger partial charge < -0.3 is 10.5 Å². The Morgan fingerprint density at radius 2 is 1.65 bits per heavy atom. The summed E-state index contributed by atoms with van der Waals surface area (Å²) in [4.78, 5) is 0. The predicted molar refractivity (Wildman–Crippen MR) is 84.7 cm³/mol. The maximum atomic E-state index is 6.44. The fourth-order valence-corrected chi connectivity index (χ4v) is 3.01. The third-order valence-electron chi connectivity index (χ3n) is 3.59. The fraction of sp³-hybridized carbons (Fsp3) is 0.294. The second-order valence-corrected chi connectivity index (χ2v) is 5.58. The monoisotopic (exact) mass is 289 g/mol. The second-order valence-electron chi connectivity index (χ2n) is 5.18. The first-order valence-electron chi connectivity index (χ1n) is 6.60. The van der Waals surface area contributed by atoms with Crippen molar-refractivity contribution in [2.45, 2.75) is 26.8 Å². The van der Waals surface area contributed by atoms with Gasteiger partial charge in [0.15, 0.2) is 0 Å². The molecule has 20 heavy (non-hydrogen) atoms. The molecule has 2 aromatic carbocycles. The number of benzene rings is 2. The molecule has 0 bridgehead atoms. The van der Waals surface area contributed by atoms with Gasteiger partial charge in [0.25, 0.3) is 0 Å². The average Bonchev–Trinajstić information content (AvgIpc) is 2.37. The van der Waals surface area contributed by atoms with Crippen LogP contribution in [0.1, 0.15) is 33.9 Å². The Kier molecular flexibility index (Phi) is 4.36. The lowest BCUT2D eigenvalue weighted by molar-refractivity contribution is 0.414. The van der Waals surface area contributed by atoms with E-state index in [1.807, 2.05) is 12.1 Å². The maximum absolute atomic E-state index is 6.44. The van der Waals surface area contributed by atoms with Crippen molar-refractivity contribution in [1.82, 2.24) is 0 Å². The zero-order valence-electron chi connectivity index (χ0n) is 12.3.